The van der Waals surface area contributed by atoms with E-state index in [9.17, 15) is 15.3 Å². The summed E-state index contributed by atoms with van der Waals surface area (Å²) in [5, 5.41) is 32.1. The molecule has 2 fully saturated rings. The molecular weight excluding hydrogens is 368 g/mol. The molecule has 0 amide bonds. The van der Waals surface area contributed by atoms with Gasteiger partial charge in [0, 0.05) is 5.41 Å². The molecule has 29 heavy (non-hydrogen) atoms. The summed E-state index contributed by atoms with van der Waals surface area (Å²) in [6, 6.07) is 5.52. The van der Waals surface area contributed by atoms with E-state index in [-0.39, 0.29) is 23.9 Å². The lowest BCUT2D eigenvalue weighted by molar-refractivity contribution is -0.155. The molecule has 2 unspecified atom stereocenters. The molecule has 162 valence electrons. The summed E-state index contributed by atoms with van der Waals surface area (Å²) in [4.78, 5) is 0. The molecule has 0 aliphatic heterocycles. The molecule has 2 aliphatic rings. The van der Waals surface area contributed by atoms with E-state index < -0.39 is 17.6 Å². The molecule has 5 heteroatoms. The van der Waals surface area contributed by atoms with E-state index in [1.165, 1.54) is 0 Å². The predicted molar refractivity (Wildman–Crippen MR) is 113 cm³/mol. The summed E-state index contributed by atoms with van der Waals surface area (Å²) >= 11 is 0. The van der Waals surface area contributed by atoms with Crippen LogP contribution in [0.4, 0.5) is 0 Å². The van der Waals surface area contributed by atoms with Crippen molar-refractivity contribution in [3.05, 3.63) is 35.9 Å². The highest BCUT2D eigenvalue weighted by molar-refractivity contribution is 5.46. The van der Waals surface area contributed by atoms with Crippen LogP contribution in [0, 0.1) is 22.7 Å². The molecule has 5 nitrogen and oxygen atoms in total. The Labute approximate surface area is 174 Å². The van der Waals surface area contributed by atoms with E-state index in [4.69, 9.17) is 9.47 Å². The Morgan fingerprint density at radius 1 is 1.17 bits per heavy atom. The number of benzene rings is 1. The number of allylic oxidation sites excluding steroid dienone is 1. The van der Waals surface area contributed by atoms with E-state index in [1.807, 2.05) is 25.1 Å². The lowest BCUT2D eigenvalue weighted by atomic mass is 9.46. The lowest BCUT2D eigenvalue weighted by Gasteiger charge is -2.60. The monoisotopic (exact) mass is 404 g/mol. The topological polar surface area (TPSA) is 79.2 Å². The van der Waals surface area contributed by atoms with Gasteiger partial charge < -0.3 is 24.8 Å². The van der Waals surface area contributed by atoms with Crippen LogP contribution in [0.25, 0.3) is 0 Å². The van der Waals surface area contributed by atoms with Gasteiger partial charge in [0.15, 0.2) is 0 Å². The van der Waals surface area contributed by atoms with E-state index in [0.29, 0.717) is 29.9 Å². The maximum Gasteiger partial charge on any atom is 0.128 e. The molecular formula is C24H36O5. The predicted octanol–water partition coefficient (Wildman–Crippen LogP) is 3.87. The molecule has 0 spiro atoms. The minimum absolute atomic E-state index is 0.0312. The fraction of sp³-hybridized carbons (Fsp3) is 0.667. The van der Waals surface area contributed by atoms with Crippen LogP contribution in [-0.2, 0) is 0 Å². The van der Waals surface area contributed by atoms with Crippen LogP contribution in [0.2, 0.25) is 0 Å². The molecule has 1 aromatic carbocycles. The summed E-state index contributed by atoms with van der Waals surface area (Å²) < 4.78 is 11.0. The first-order valence-electron chi connectivity index (χ1n) is 10.6. The van der Waals surface area contributed by atoms with Crippen LogP contribution in [0.5, 0.6) is 11.5 Å². The van der Waals surface area contributed by atoms with Crippen LogP contribution in [0.15, 0.2) is 30.4 Å². The summed E-state index contributed by atoms with van der Waals surface area (Å²) in [5.74, 6) is 1.48. The Balaban J connectivity index is 1.95. The van der Waals surface area contributed by atoms with Crippen molar-refractivity contribution in [3.63, 3.8) is 0 Å². The van der Waals surface area contributed by atoms with Crippen molar-refractivity contribution >= 4 is 0 Å². The van der Waals surface area contributed by atoms with Gasteiger partial charge >= 0.3 is 0 Å². The summed E-state index contributed by atoms with van der Waals surface area (Å²) in [5.41, 5.74) is 1.14. The number of hydrogen-bond donors (Lipinski definition) is 3. The molecule has 1 aromatic rings. The highest BCUT2D eigenvalue weighted by Crippen LogP contribution is 2.62. The third-order valence-corrected chi connectivity index (χ3v) is 7.95. The zero-order valence-corrected chi connectivity index (χ0v) is 18.1. The largest absolute Gasteiger partial charge is 0.496 e. The van der Waals surface area contributed by atoms with Gasteiger partial charge in [0.2, 0.25) is 0 Å². The Morgan fingerprint density at radius 2 is 1.79 bits per heavy atom. The van der Waals surface area contributed by atoms with Gasteiger partial charge in [-0.1, -0.05) is 32.1 Å². The molecule has 0 heterocycles. The molecule has 0 bridgehead atoms. The Hall–Kier alpha value is -1.56. The molecule has 2 saturated carbocycles. The average Bonchev–Trinajstić information content (AvgIpc) is 2.72. The van der Waals surface area contributed by atoms with E-state index >= 15 is 0 Å². The van der Waals surface area contributed by atoms with E-state index in [1.54, 1.807) is 14.2 Å². The van der Waals surface area contributed by atoms with Crippen LogP contribution in [-0.4, -0.2) is 42.3 Å². The number of ether oxygens (including phenoxy) is 2. The Morgan fingerprint density at radius 3 is 2.34 bits per heavy atom. The van der Waals surface area contributed by atoms with Gasteiger partial charge in [-0.2, -0.15) is 0 Å². The quantitative estimate of drug-likeness (QED) is 0.627. The second-order valence-electron chi connectivity index (χ2n) is 9.35. The van der Waals surface area contributed by atoms with Gasteiger partial charge in [-0.15, -0.1) is 0 Å². The number of aliphatic hydroxyl groups is 3. The van der Waals surface area contributed by atoms with Gasteiger partial charge in [-0.25, -0.2) is 0 Å². The number of rotatable bonds is 6. The zero-order valence-electron chi connectivity index (χ0n) is 18.1. The van der Waals surface area contributed by atoms with Gasteiger partial charge in [0.25, 0.3) is 0 Å². The third-order valence-electron chi connectivity index (χ3n) is 7.95. The van der Waals surface area contributed by atoms with Crippen LogP contribution in [0.1, 0.15) is 57.6 Å². The molecule has 0 aromatic heterocycles. The molecule has 3 N–H and O–H groups in total. The Bertz CT molecular complexity index is 725. The van der Waals surface area contributed by atoms with Crippen molar-refractivity contribution in [2.75, 3.05) is 20.8 Å². The maximum absolute atomic E-state index is 11.3. The van der Waals surface area contributed by atoms with E-state index in [0.717, 1.165) is 24.8 Å². The molecule has 2 aliphatic carbocycles. The van der Waals surface area contributed by atoms with Gasteiger partial charge in [0.1, 0.15) is 11.5 Å². The van der Waals surface area contributed by atoms with Gasteiger partial charge in [-0.05, 0) is 61.5 Å². The number of methoxy groups -OCH3 is 2. The smallest absolute Gasteiger partial charge is 0.128 e. The fourth-order valence-electron chi connectivity index (χ4n) is 6.18. The van der Waals surface area contributed by atoms with Crippen LogP contribution >= 0.6 is 0 Å². The van der Waals surface area contributed by atoms with Crippen LogP contribution < -0.4 is 9.47 Å². The average molecular weight is 405 g/mol. The SMILES string of the molecule is C=C1CCC2[C@](C)(CO)[C@H](O)CC[C@@]2(C)[C@@H]1CC(O)c1c(OC)cccc1OC. The molecule has 3 rings (SSSR count). The molecule has 0 saturated heterocycles. The van der Waals surface area contributed by atoms with Gasteiger partial charge in [0.05, 0.1) is 38.6 Å². The summed E-state index contributed by atoms with van der Waals surface area (Å²) in [6.45, 7) is 8.58. The highest BCUT2D eigenvalue weighted by atomic mass is 16.5. The van der Waals surface area contributed by atoms with Crippen molar-refractivity contribution in [2.45, 2.75) is 58.2 Å². The van der Waals surface area contributed by atoms with Crippen LogP contribution in [0.3, 0.4) is 0 Å². The lowest BCUT2D eigenvalue weighted by Crippen LogP contribution is -2.57. The van der Waals surface area contributed by atoms with Crippen molar-refractivity contribution < 1.29 is 24.8 Å². The van der Waals surface area contributed by atoms with Crippen molar-refractivity contribution in [1.29, 1.82) is 0 Å². The van der Waals surface area contributed by atoms with E-state index in [2.05, 4.69) is 13.5 Å². The molecule has 0 radical (unpaired) electrons. The fourth-order valence-corrected chi connectivity index (χ4v) is 6.18. The van der Waals surface area contributed by atoms with Crippen molar-refractivity contribution in [3.8, 4) is 11.5 Å². The first kappa shape index (κ1) is 22.1. The second kappa shape index (κ2) is 8.29. The summed E-state index contributed by atoms with van der Waals surface area (Å²) in [7, 11) is 3.19. The van der Waals surface area contributed by atoms with Gasteiger partial charge in [-0.3, -0.25) is 0 Å². The minimum Gasteiger partial charge on any atom is -0.496 e. The third kappa shape index (κ3) is 3.58. The number of fused-ring (bicyclic) bond motifs is 1. The maximum atomic E-state index is 11.3. The van der Waals surface area contributed by atoms with Crippen molar-refractivity contribution in [1.82, 2.24) is 0 Å². The number of aliphatic hydroxyl groups excluding tert-OH is 3. The number of hydrogen-bond acceptors (Lipinski definition) is 5. The minimum atomic E-state index is -0.759. The zero-order chi connectivity index (χ0) is 21.4. The normalized spacial score (nSPS) is 35.7. The Kier molecular flexibility index (Phi) is 6.32. The molecule has 6 atom stereocenters. The second-order valence-corrected chi connectivity index (χ2v) is 9.35. The first-order chi connectivity index (χ1) is 13.7. The first-order valence-corrected chi connectivity index (χ1v) is 10.6. The highest BCUT2D eigenvalue weighted by Gasteiger charge is 2.57. The summed E-state index contributed by atoms with van der Waals surface area (Å²) in [6.07, 6.45) is 2.52. The standard InChI is InChI=1S/C24H36O5/c1-15-9-10-20-23(2,12-11-21(27)24(20,3)14-25)16(15)13-17(26)22-18(28-4)7-6-8-19(22)29-5/h6-8,16-17,20-21,25-27H,1,9-14H2,2-5H3/t16-,17?,20?,21-,23+,24+/m1/s1. The van der Waals surface area contributed by atoms with Crippen molar-refractivity contribution in [2.24, 2.45) is 22.7 Å².